The van der Waals surface area contributed by atoms with Crippen molar-refractivity contribution in [2.75, 3.05) is 13.1 Å². The maximum absolute atomic E-state index is 12.3. The third-order valence-electron chi connectivity index (χ3n) is 3.28. The molecule has 2 rings (SSSR count). The Kier molecular flexibility index (Phi) is 2.99. The predicted molar refractivity (Wildman–Crippen MR) is 65.8 cm³/mol. The van der Waals surface area contributed by atoms with Gasteiger partial charge in [-0.3, -0.25) is 4.79 Å². The number of carbonyl (C=O) groups excluding carboxylic acids is 1. The highest BCUT2D eigenvalue weighted by Gasteiger charge is 2.22. The van der Waals surface area contributed by atoms with Crippen molar-refractivity contribution in [3.05, 3.63) is 34.4 Å². The lowest BCUT2D eigenvalue weighted by atomic mass is 9.99. The number of rotatable bonds is 1. The minimum Gasteiger partial charge on any atom is -0.339 e. The molecule has 86 valence electrons. The van der Waals surface area contributed by atoms with Gasteiger partial charge in [0.05, 0.1) is 0 Å². The van der Waals surface area contributed by atoms with Gasteiger partial charge in [0.25, 0.3) is 5.91 Å². The fourth-order valence-electron chi connectivity index (χ4n) is 2.60. The molecular formula is C14H19NO. The van der Waals surface area contributed by atoms with Gasteiger partial charge in [-0.25, -0.2) is 0 Å². The summed E-state index contributed by atoms with van der Waals surface area (Å²) in [6.45, 7) is 7.98. The molecule has 2 heteroatoms. The Morgan fingerprint density at radius 1 is 1.06 bits per heavy atom. The van der Waals surface area contributed by atoms with Crippen molar-refractivity contribution in [3.8, 4) is 0 Å². The van der Waals surface area contributed by atoms with Gasteiger partial charge in [0.15, 0.2) is 0 Å². The van der Waals surface area contributed by atoms with E-state index in [-0.39, 0.29) is 5.91 Å². The molecule has 0 aliphatic carbocycles. The molecule has 0 atom stereocenters. The zero-order chi connectivity index (χ0) is 11.7. The molecule has 0 aromatic heterocycles. The van der Waals surface area contributed by atoms with Gasteiger partial charge in [0.2, 0.25) is 0 Å². The smallest absolute Gasteiger partial charge is 0.254 e. The lowest BCUT2D eigenvalue weighted by Crippen LogP contribution is -2.29. The highest BCUT2D eigenvalue weighted by molar-refractivity contribution is 5.97. The van der Waals surface area contributed by atoms with Gasteiger partial charge in [-0.15, -0.1) is 0 Å². The van der Waals surface area contributed by atoms with Crippen LogP contribution in [-0.2, 0) is 0 Å². The summed E-state index contributed by atoms with van der Waals surface area (Å²) < 4.78 is 0. The second-order valence-corrected chi connectivity index (χ2v) is 4.77. The van der Waals surface area contributed by atoms with E-state index >= 15 is 0 Å². The van der Waals surface area contributed by atoms with Crippen molar-refractivity contribution in [2.24, 2.45) is 0 Å². The molecule has 0 spiro atoms. The first-order valence-corrected chi connectivity index (χ1v) is 5.96. The van der Waals surface area contributed by atoms with Crippen LogP contribution in [-0.4, -0.2) is 23.9 Å². The van der Waals surface area contributed by atoms with Crippen LogP contribution in [0.1, 0.15) is 39.9 Å². The first-order valence-electron chi connectivity index (χ1n) is 5.96. The third kappa shape index (κ3) is 1.97. The van der Waals surface area contributed by atoms with Gasteiger partial charge < -0.3 is 4.90 Å². The first kappa shape index (κ1) is 11.2. The number of nitrogens with zero attached hydrogens (tertiary/aromatic N) is 1. The van der Waals surface area contributed by atoms with Crippen molar-refractivity contribution < 1.29 is 4.79 Å². The largest absolute Gasteiger partial charge is 0.339 e. The SMILES string of the molecule is Cc1cc(C)c(C(=O)N2CCCC2)c(C)c1. The fraction of sp³-hybridized carbons (Fsp3) is 0.500. The number of benzene rings is 1. The molecule has 1 fully saturated rings. The van der Waals surface area contributed by atoms with Crippen LogP contribution in [0.4, 0.5) is 0 Å². The highest BCUT2D eigenvalue weighted by Crippen LogP contribution is 2.20. The monoisotopic (exact) mass is 217 g/mol. The molecule has 1 saturated heterocycles. The van der Waals surface area contributed by atoms with E-state index in [1.807, 2.05) is 18.7 Å². The van der Waals surface area contributed by atoms with Gasteiger partial charge in [-0.1, -0.05) is 17.7 Å². The molecule has 1 aromatic rings. The maximum Gasteiger partial charge on any atom is 0.254 e. The molecule has 1 aliphatic heterocycles. The van der Waals surface area contributed by atoms with Gasteiger partial charge in [0, 0.05) is 18.7 Å². The number of aryl methyl sites for hydroxylation is 3. The Morgan fingerprint density at radius 2 is 1.56 bits per heavy atom. The summed E-state index contributed by atoms with van der Waals surface area (Å²) in [7, 11) is 0. The molecule has 2 nitrogen and oxygen atoms in total. The Bertz CT molecular complexity index is 394. The summed E-state index contributed by atoms with van der Waals surface area (Å²) in [6, 6.07) is 4.19. The molecule has 0 bridgehead atoms. The fourth-order valence-corrected chi connectivity index (χ4v) is 2.60. The lowest BCUT2D eigenvalue weighted by Gasteiger charge is -2.18. The summed E-state index contributed by atoms with van der Waals surface area (Å²) in [5.41, 5.74) is 4.35. The lowest BCUT2D eigenvalue weighted by molar-refractivity contribution is 0.0791. The molecule has 1 aromatic carbocycles. The molecule has 0 unspecified atom stereocenters. The maximum atomic E-state index is 12.3. The normalized spacial score (nSPS) is 15.6. The Labute approximate surface area is 97.3 Å². The molecule has 1 heterocycles. The van der Waals surface area contributed by atoms with Crippen LogP contribution >= 0.6 is 0 Å². The first-order chi connectivity index (χ1) is 7.59. The highest BCUT2D eigenvalue weighted by atomic mass is 16.2. The summed E-state index contributed by atoms with van der Waals surface area (Å²) in [4.78, 5) is 14.3. The van der Waals surface area contributed by atoms with E-state index < -0.39 is 0 Å². The summed E-state index contributed by atoms with van der Waals surface area (Å²) in [5, 5.41) is 0. The van der Waals surface area contributed by atoms with E-state index in [1.165, 1.54) is 5.56 Å². The number of likely N-dealkylation sites (tertiary alicyclic amines) is 1. The van der Waals surface area contributed by atoms with Crippen molar-refractivity contribution in [1.29, 1.82) is 0 Å². The summed E-state index contributed by atoms with van der Waals surface area (Å²) in [5.74, 6) is 0.215. The van der Waals surface area contributed by atoms with E-state index in [0.717, 1.165) is 42.6 Å². The van der Waals surface area contributed by atoms with E-state index in [9.17, 15) is 4.79 Å². The molecule has 1 amide bonds. The van der Waals surface area contributed by atoms with Crippen LogP contribution < -0.4 is 0 Å². The molecule has 1 aliphatic rings. The van der Waals surface area contributed by atoms with Crippen LogP contribution in [0.15, 0.2) is 12.1 Å². The summed E-state index contributed by atoms with van der Waals surface area (Å²) >= 11 is 0. The van der Waals surface area contributed by atoms with Gasteiger partial charge in [-0.05, 0) is 44.7 Å². The van der Waals surface area contributed by atoms with Crippen LogP contribution in [0.5, 0.6) is 0 Å². The second kappa shape index (κ2) is 4.28. The zero-order valence-corrected chi connectivity index (χ0v) is 10.3. The predicted octanol–water partition coefficient (Wildman–Crippen LogP) is 2.85. The number of amides is 1. The topological polar surface area (TPSA) is 20.3 Å². The van der Waals surface area contributed by atoms with Gasteiger partial charge in [0.1, 0.15) is 0 Å². The molecule has 16 heavy (non-hydrogen) atoms. The average Bonchev–Trinajstić information content (AvgIpc) is 2.67. The third-order valence-corrected chi connectivity index (χ3v) is 3.28. The van der Waals surface area contributed by atoms with Crippen LogP contribution in [0.25, 0.3) is 0 Å². The Morgan fingerprint density at radius 3 is 2.06 bits per heavy atom. The van der Waals surface area contributed by atoms with Gasteiger partial charge >= 0.3 is 0 Å². The van der Waals surface area contributed by atoms with Gasteiger partial charge in [-0.2, -0.15) is 0 Å². The minimum atomic E-state index is 0.215. The zero-order valence-electron chi connectivity index (χ0n) is 10.3. The second-order valence-electron chi connectivity index (χ2n) is 4.77. The van der Waals surface area contributed by atoms with E-state index in [2.05, 4.69) is 19.1 Å². The van der Waals surface area contributed by atoms with E-state index in [1.54, 1.807) is 0 Å². The summed E-state index contributed by atoms with van der Waals surface area (Å²) in [6.07, 6.45) is 2.30. The number of hydrogen-bond acceptors (Lipinski definition) is 1. The molecule has 0 N–H and O–H groups in total. The van der Waals surface area contributed by atoms with Crippen molar-refractivity contribution in [2.45, 2.75) is 33.6 Å². The van der Waals surface area contributed by atoms with Crippen LogP contribution in [0, 0.1) is 20.8 Å². The standard InChI is InChI=1S/C14H19NO/c1-10-8-11(2)13(12(3)9-10)14(16)15-6-4-5-7-15/h8-9H,4-7H2,1-3H3. The quantitative estimate of drug-likeness (QED) is 0.708. The average molecular weight is 217 g/mol. The van der Waals surface area contributed by atoms with E-state index in [4.69, 9.17) is 0 Å². The molecule has 0 radical (unpaired) electrons. The molecule has 0 saturated carbocycles. The van der Waals surface area contributed by atoms with Crippen LogP contribution in [0.3, 0.4) is 0 Å². The van der Waals surface area contributed by atoms with Crippen molar-refractivity contribution in [1.82, 2.24) is 4.90 Å². The number of hydrogen-bond donors (Lipinski definition) is 0. The number of carbonyl (C=O) groups is 1. The van der Waals surface area contributed by atoms with Crippen molar-refractivity contribution in [3.63, 3.8) is 0 Å². The van der Waals surface area contributed by atoms with E-state index in [0.29, 0.717) is 0 Å². The minimum absolute atomic E-state index is 0.215. The van der Waals surface area contributed by atoms with Crippen LogP contribution in [0.2, 0.25) is 0 Å². The molecular weight excluding hydrogens is 198 g/mol. The van der Waals surface area contributed by atoms with Crippen molar-refractivity contribution >= 4 is 5.91 Å². The Balaban J connectivity index is 2.35. The Hall–Kier alpha value is -1.31.